The first-order valence-corrected chi connectivity index (χ1v) is 7.89. The Labute approximate surface area is 118 Å². The van der Waals surface area contributed by atoms with Gasteiger partial charge in [-0.05, 0) is 74.1 Å². The molecule has 1 aromatic rings. The number of rotatable bonds is 2. The van der Waals surface area contributed by atoms with Crippen molar-refractivity contribution < 1.29 is 4.74 Å². The first-order valence-electron chi connectivity index (χ1n) is 7.10. The van der Waals surface area contributed by atoms with Gasteiger partial charge in [0.05, 0.1) is 6.10 Å². The summed E-state index contributed by atoms with van der Waals surface area (Å²) in [6.07, 6.45) is 8.27. The SMILES string of the molecule is CCOC1CCC2(CC1)Cc1ccc(Br)cc1C2. The van der Waals surface area contributed by atoms with Crippen LogP contribution < -0.4 is 0 Å². The summed E-state index contributed by atoms with van der Waals surface area (Å²) in [4.78, 5) is 0. The zero-order valence-corrected chi connectivity index (χ0v) is 12.6. The lowest BCUT2D eigenvalue weighted by Gasteiger charge is -2.37. The third-order valence-electron chi connectivity index (χ3n) is 4.69. The maximum absolute atomic E-state index is 5.77. The van der Waals surface area contributed by atoms with E-state index in [9.17, 15) is 0 Å². The van der Waals surface area contributed by atoms with Crippen LogP contribution in [0.3, 0.4) is 0 Å². The van der Waals surface area contributed by atoms with Gasteiger partial charge in [-0.3, -0.25) is 0 Å². The van der Waals surface area contributed by atoms with Crippen molar-refractivity contribution in [2.45, 2.75) is 51.6 Å². The highest BCUT2D eigenvalue weighted by Crippen LogP contribution is 2.48. The van der Waals surface area contributed by atoms with Crippen LogP contribution in [0.1, 0.15) is 43.7 Å². The summed E-state index contributed by atoms with van der Waals surface area (Å²) in [5.74, 6) is 0. The number of ether oxygens (including phenoxy) is 1. The highest BCUT2D eigenvalue weighted by atomic mass is 79.9. The van der Waals surface area contributed by atoms with E-state index < -0.39 is 0 Å². The van der Waals surface area contributed by atoms with Crippen LogP contribution in [0, 0.1) is 5.41 Å². The van der Waals surface area contributed by atoms with Crippen LogP contribution in [0.15, 0.2) is 22.7 Å². The minimum atomic E-state index is 0.524. The predicted molar refractivity (Wildman–Crippen MR) is 77.9 cm³/mol. The van der Waals surface area contributed by atoms with Crippen molar-refractivity contribution in [1.29, 1.82) is 0 Å². The lowest BCUT2D eigenvalue weighted by Crippen LogP contribution is -2.31. The summed E-state index contributed by atoms with van der Waals surface area (Å²) in [5.41, 5.74) is 3.70. The Morgan fingerprint density at radius 3 is 2.67 bits per heavy atom. The third kappa shape index (κ3) is 2.37. The fraction of sp³-hybridized carbons (Fsp3) is 0.625. The second-order valence-electron chi connectivity index (χ2n) is 5.92. The molecule has 3 rings (SSSR count). The molecular weight excluding hydrogens is 288 g/mol. The summed E-state index contributed by atoms with van der Waals surface area (Å²) < 4.78 is 7.00. The van der Waals surface area contributed by atoms with Gasteiger partial charge in [-0.2, -0.15) is 0 Å². The van der Waals surface area contributed by atoms with Crippen molar-refractivity contribution in [2.75, 3.05) is 6.61 Å². The average molecular weight is 309 g/mol. The zero-order chi connectivity index (χ0) is 12.6. The van der Waals surface area contributed by atoms with Gasteiger partial charge in [-0.25, -0.2) is 0 Å². The molecule has 0 heterocycles. The molecule has 1 nitrogen and oxygen atoms in total. The monoisotopic (exact) mass is 308 g/mol. The lowest BCUT2D eigenvalue weighted by atomic mass is 9.71. The van der Waals surface area contributed by atoms with E-state index in [4.69, 9.17) is 4.74 Å². The second-order valence-corrected chi connectivity index (χ2v) is 6.84. The Hall–Kier alpha value is -0.340. The van der Waals surface area contributed by atoms with Crippen LogP contribution in [0.2, 0.25) is 0 Å². The Balaban J connectivity index is 1.70. The Morgan fingerprint density at radius 2 is 1.94 bits per heavy atom. The molecule has 98 valence electrons. The van der Waals surface area contributed by atoms with Crippen LogP contribution in [-0.2, 0) is 17.6 Å². The van der Waals surface area contributed by atoms with Gasteiger partial charge >= 0.3 is 0 Å². The fourth-order valence-corrected chi connectivity index (χ4v) is 4.17. The fourth-order valence-electron chi connectivity index (χ4n) is 3.76. The Morgan fingerprint density at radius 1 is 1.22 bits per heavy atom. The van der Waals surface area contributed by atoms with E-state index in [1.165, 1.54) is 43.0 Å². The molecule has 0 saturated heterocycles. The van der Waals surface area contributed by atoms with Crippen molar-refractivity contribution in [1.82, 2.24) is 0 Å². The molecule has 18 heavy (non-hydrogen) atoms. The molecule has 0 N–H and O–H groups in total. The molecule has 0 bridgehead atoms. The van der Waals surface area contributed by atoms with Crippen molar-refractivity contribution in [3.8, 4) is 0 Å². The van der Waals surface area contributed by atoms with E-state index in [0.29, 0.717) is 11.5 Å². The number of benzene rings is 1. The summed E-state index contributed by atoms with van der Waals surface area (Å²) in [6, 6.07) is 6.81. The van der Waals surface area contributed by atoms with E-state index in [2.05, 4.69) is 41.1 Å². The number of hydrogen-bond donors (Lipinski definition) is 0. The van der Waals surface area contributed by atoms with Crippen molar-refractivity contribution in [3.63, 3.8) is 0 Å². The summed E-state index contributed by atoms with van der Waals surface area (Å²) >= 11 is 3.59. The molecule has 0 radical (unpaired) electrons. The molecule has 1 spiro atoms. The van der Waals surface area contributed by atoms with Gasteiger partial charge < -0.3 is 4.74 Å². The molecule has 2 aliphatic rings. The Bertz CT molecular complexity index is 433. The van der Waals surface area contributed by atoms with E-state index in [1.54, 1.807) is 11.1 Å². The van der Waals surface area contributed by atoms with Crippen molar-refractivity contribution >= 4 is 15.9 Å². The second kappa shape index (κ2) is 4.97. The summed E-state index contributed by atoms with van der Waals surface area (Å²) in [5, 5.41) is 0. The van der Waals surface area contributed by atoms with E-state index >= 15 is 0 Å². The van der Waals surface area contributed by atoms with Gasteiger partial charge in [0.15, 0.2) is 0 Å². The Kier molecular flexibility index (Phi) is 3.50. The molecule has 0 aromatic heterocycles. The van der Waals surface area contributed by atoms with Crippen molar-refractivity contribution in [3.05, 3.63) is 33.8 Å². The number of halogens is 1. The molecule has 0 aliphatic heterocycles. The maximum atomic E-state index is 5.77. The summed E-state index contributed by atoms with van der Waals surface area (Å²) in [7, 11) is 0. The summed E-state index contributed by atoms with van der Waals surface area (Å²) in [6.45, 7) is 2.97. The zero-order valence-electron chi connectivity index (χ0n) is 11.0. The molecular formula is C16H21BrO. The molecule has 1 fully saturated rings. The molecule has 0 atom stereocenters. The molecule has 2 heteroatoms. The number of hydrogen-bond acceptors (Lipinski definition) is 1. The molecule has 0 unspecified atom stereocenters. The first-order chi connectivity index (χ1) is 8.71. The van der Waals surface area contributed by atoms with E-state index in [1.807, 2.05) is 0 Å². The highest BCUT2D eigenvalue weighted by molar-refractivity contribution is 9.10. The maximum Gasteiger partial charge on any atom is 0.0575 e. The molecule has 1 saturated carbocycles. The van der Waals surface area contributed by atoms with Crippen LogP contribution in [0.5, 0.6) is 0 Å². The first kappa shape index (κ1) is 12.7. The lowest BCUT2D eigenvalue weighted by molar-refractivity contribution is 0.00481. The van der Waals surface area contributed by atoms with Gasteiger partial charge in [0, 0.05) is 11.1 Å². The van der Waals surface area contributed by atoms with E-state index in [0.717, 1.165) is 6.61 Å². The highest BCUT2D eigenvalue weighted by Gasteiger charge is 2.40. The standard InChI is InChI=1S/C16H21BrO/c1-2-18-15-5-7-16(8-6-15)10-12-3-4-14(17)9-13(12)11-16/h3-4,9,15H,2,5-8,10-11H2,1H3. The van der Waals surface area contributed by atoms with Crippen LogP contribution >= 0.6 is 15.9 Å². The smallest absolute Gasteiger partial charge is 0.0575 e. The van der Waals surface area contributed by atoms with Crippen LogP contribution in [0.25, 0.3) is 0 Å². The van der Waals surface area contributed by atoms with Gasteiger partial charge in [0.2, 0.25) is 0 Å². The van der Waals surface area contributed by atoms with Gasteiger partial charge in [-0.15, -0.1) is 0 Å². The number of fused-ring (bicyclic) bond motifs is 1. The van der Waals surface area contributed by atoms with Gasteiger partial charge in [0.25, 0.3) is 0 Å². The van der Waals surface area contributed by atoms with Crippen LogP contribution in [-0.4, -0.2) is 12.7 Å². The minimum absolute atomic E-state index is 0.524. The van der Waals surface area contributed by atoms with E-state index in [-0.39, 0.29) is 0 Å². The third-order valence-corrected chi connectivity index (χ3v) is 5.19. The van der Waals surface area contributed by atoms with Gasteiger partial charge in [-0.1, -0.05) is 22.0 Å². The topological polar surface area (TPSA) is 9.23 Å². The minimum Gasteiger partial charge on any atom is -0.379 e. The average Bonchev–Trinajstić information content (AvgIpc) is 2.70. The predicted octanol–water partition coefficient (Wildman–Crippen LogP) is 4.51. The molecule has 1 aromatic carbocycles. The van der Waals surface area contributed by atoms with Gasteiger partial charge in [0.1, 0.15) is 0 Å². The molecule has 2 aliphatic carbocycles. The largest absolute Gasteiger partial charge is 0.379 e. The molecule has 0 amide bonds. The van der Waals surface area contributed by atoms with Crippen LogP contribution in [0.4, 0.5) is 0 Å². The van der Waals surface area contributed by atoms with Crippen molar-refractivity contribution in [2.24, 2.45) is 5.41 Å². The normalized spacial score (nSPS) is 30.7. The quantitative estimate of drug-likeness (QED) is 0.781.